The van der Waals surface area contributed by atoms with E-state index in [1.54, 1.807) is 6.21 Å². The molecule has 1 heterocycles. The van der Waals surface area contributed by atoms with Crippen molar-refractivity contribution in [3.05, 3.63) is 29.8 Å². The van der Waals surface area contributed by atoms with Crippen molar-refractivity contribution in [2.24, 2.45) is 21.7 Å². The van der Waals surface area contributed by atoms with Crippen LogP contribution in [0.4, 0.5) is 0 Å². The highest BCUT2D eigenvalue weighted by atomic mass is 16.7. The molecule has 2 rings (SSSR count). The monoisotopic (exact) mass is 292 g/mol. The standard InChI is InChI=1S/C14H20N4O3/c15-14(16)18-17-10-11-2-4-12(5-3-11)19-9-6-13-20-7-1-8-21-13/h2-5,10,13H,1,6-9H2,(H4,15,16,18). The Hall–Kier alpha value is -2.12. The molecule has 1 aromatic carbocycles. The molecule has 7 heteroatoms. The summed E-state index contributed by atoms with van der Waals surface area (Å²) in [5.74, 6) is 0.711. The summed E-state index contributed by atoms with van der Waals surface area (Å²) < 4.78 is 16.5. The number of guanidine groups is 1. The van der Waals surface area contributed by atoms with Crippen LogP contribution in [0, 0.1) is 0 Å². The molecular formula is C14H20N4O3. The quantitative estimate of drug-likeness (QED) is 0.459. The maximum Gasteiger partial charge on any atom is 0.211 e. The van der Waals surface area contributed by atoms with Gasteiger partial charge in [0.05, 0.1) is 26.0 Å². The van der Waals surface area contributed by atoms with E-state index >= 15 is 0 Å². The van der Waals surface area contributed by atoms with Gasteiger partial charge >= 0.3 is 0 Å². The lowest BCUT2D eigenvalue weighted by Crippen LogP contribution is -2.26. The molecule has 0 saturated carbocycles. The number of hydrogen-bond donors (Lipinski definition) is 2. The average Bonchev–Trinajstić information content (AvgIpc) is 2.50. The Labute approximate surface area is 123 Å². The highest BCUT2D eigenvalue weighted by Gasteiger charge is 2.13. The van der Waals surface area contributed by atoms with E-state index in [0.717, 1.165) is 30.9 Å². The van der Waals surface area contributed by atoms with Crippen LogP contribution in [0.1, 0.15) is 18.4 Å². The molecule has 0 aliphatic carbocycles. The summed E-state index contributed by atoms with van der Waals surface area (Å²) in [6.07, 6.45) is 3.09. The Balaban J connectivity index is 1.74. The van der Waals surface area contributed by atoms with Crippen molar-refractivity contribution in [3.8, 4) is 5.75 Å². The summed E-state index contributed by atoms with van der Waals surface area (Å²) in [6.45, 7) is 2.06. The minimum absolute atomic E-state index is 0.0710. The summed E-state index contributed by atoms with van der Waals surface area (Å²) in [7, 11) is 0. The highest BCUT2D eigenvalue weighted by molar-refractivity contribution is 5.81. The van der Waals surface area contributed by atoms with Crippen molar-refractivity contribution in [1.29, 1.82) is 0 Å². The smallest absolute Gasteiger partial charge is 0.211 e. The third-order valence-corrected chi connectivity index (χ3v) is 2.78. The van der Waals surface area contributed by atoms with Crippen LogP contribution < -0.4 is 16.2 Å². The van der Waals surface area contributed by atoms with Crippen LogP contribution in [0.25, 0.3) is 0 Å². The first-order valence-corrected chi connectivity index (χ1v) is 6.82. The summed E-state index contributed by atoms with van der Waals surface area (Å²) in [6, 6.07) is 7.46. The third-order valence-electron chi connectivity index (χ3n) is 2.78. The summed E-state index contributed by atoms with van der Waals surface area (Å²) >= 11 is 0. The molecule has 114 valence electrons. The van der Waals surface area contributed by atoms with Crippen LogP contribution in [0.5, 0.6) is 5.75 Å². The Morgan fingerprint density at radius 3 is 2.62 bits per heavy atom. The van der Waals surface area contributed by atoms with Crippen LogP contribution in [0.2, 0.25) is 0 Å². The third kappa shape index (κ3) is 5.80. The van der Waals surface area contributed by atoms with E-state index in [-0.39, 0.29) is 12.2 Å². The van der Waals surface area contributed by atoms with Crippen molar-refractivity contribution in [3.63, 3.8) is 0 Å². The SMILES string of the molecule is NC(N)=NN=Cc1ccc(OCCC2OCCCO2)cc1. The van der Waals surface area contributed by atoms with E-state index in [4.69, 9.17) is 25.7 Å². The van der Waals surface area contributed by atoms with Crippen LogP contribution in [-0.4, -0.2) is 38.3 Å². The first kappa shape index (κ1) is 15.3. The first-order chi connectivity index (χ1) is 10.2. The van der Waals surface area contributed by atoms with Gasteiger partial charge in [0.15, 0.2) is 6.29 Å². The second kappa shape index (κ2) is 8.23. The van der Waals surface area contributed by atoms with Gasteiger partial charge in [-0.25, -0.2) is 0 Å². The van der Waals surface area contributed by atoms with Crippen molar-refractivity contribution >= 4 is 12.2 Å². The molecule has 1 saturated heterocycles. The lowest BCUT2D eigenvalue weighted by molar-refractivity contribution is -0.183. The zero-order chi connectivity index (χ0) is 14.9. The van der Waals surface area contributed by atoms with Gasteiger partial charge in [-0.1, -0.05) is 0 Å². The minimum atomic E-state index is -0.148. The van der Waals surface area contributed by atoms with Crippen LogP contribution in [0.3, 0.4) is 0 Å². The molecule has 1 aliphatic rings. The van der Waals surface area contributed by atoms with Gasteiger partial charge in [0.1, 0.15) is 5.75 Å². The van der Waals surface area contributed by atoms with Gasteiger partial charge in [-0.15, -0.1) is 5.10 Å². The predicted octanol–water partition coefficient (Wildman–Crippen LogP) is 0.826. The molecule has 7 nitrogen and oxygen atoms in total. The second-order valence-electron chi connectivity index (χ2n) is 4.50. The number of hydrogen-bond acceptors (Lipinski definition) is 5. The molecule has 0 atom stereocenters. The second-order valence-corrected chi connectivity index (χ2v) is 4.50. The van der Waals surface area contributed by atoms with Crippen molar-refractivity contribution in [2.75, 3.05) is 19.8 Å². The number of ether oxygens (including phenoxy) is 3. The molecule has 0 radical (unpaired) electrons. The normalized spacial score (nSPS) is 16.0. The summed E-state index contributed by atoms with van der Waals surface area (Å²) in [5, 5.41) is 7.26. The van der Waals surface area contributed by atoms with E-state index in [0.29, 0.717) is 13.0 Å². The highest BCUT2D eigenvalue weighted by Crippen LogP contribution is 2.13. The number of nitrogens with zero attached hydrogens (tertiary/aromatic N) is 2. The lowest BCUT2D eigenvalue weighted by atomic mass is 10.2. The van der Waals surface area contributed by atoms with E-state index < -0.39 is 0 Å². The fourth-order valence-electron chi connectivity index (χ4n) is 1.79. The molecule has 21 heavy (non-hydrogen) atoms. The number of nitrogens with two attached hydrogens (primary N) is 2. The van der Waals surface area contributed by atoms with Crippen LogP contribution in [0.15, 0.2) is 34.5 Å². The maximum absolute atomic E-state index is 5.63. The van der Waals surface area contributed by atoms with Gasteiger partial charge in [-0.3, -0.25) is 0 Å². The van der Waals surface area contributed by atoms with Crippen LogP contribution >= 0.6 is 0 Å². The molecule has 0 bridgehead atoms. The Bertz CT molecular complexity index is 477. The first-order valence-electron chi connectivity index (χ1n) is 6.82. The van der Waals surface area contributed by atoms with E-state index in [1.165, 1.54) is 0 Å². The maximum atomic E-state index is 5.63. The molecule has 0 unspecified atom stereocenters. The van der Waals surface area contributed by atoms with E-state index in [2.05, 4.69) is 10.2 Å². The molecule has 0 aromatic heterocycles. The largest absolute Gasteiger partial charge is 0.493 e. The van der Waals surface area contributed by atoms with Crippen molar-refractivity contribution < 1.29 is 14.2 Å². The molecule has 1 aromatic rings. The van der Waals surface area contributed by atoms with Gasteiger partial charge in [0.25, 0.3) is 0 Å². The van der Waals surface area contributed by atoms with Crippen molar-refractivity contribution in [2.45, 2.75) is 19.1 Å². The van der Waals surface area contributed by atoms with Crippen LogP contribution in [-0.2, 0) is 9.47 Å². The molecule has 0 spiro atoms. The Kier molecular flexibility index (Phi) is 5.99. The van der Waals surface area contributed by atoms with Gasteiger partial charge in [-0.05, 0) is 36.2 Å². The molecular weight excluding hydrogens is 272 g/mol. The summed E-state index contributed by atoms with van der Waals surface area (Å²) in [4.78, 5) is 0. The molecule has 4 N–H and O–H groups in total. The van der Waals surface area contributed by atoms with Gasteiger partial charge < -0.3 is 25.7 Å². The Morgan fingerprint density at radius 2 is 1.95 bits per heavy atom. The van der Waals surface area contributed by atoms with Gasteiger partial charge in [0.2, 0.25) is 5.96 Å². The fourth-order valence-corrected chi connectivity index (χ4v) is 1.79. The lowest BCUT2D eigenvalue weighted by Gasteiger charge is -2.23. The van der Waals surface area contributed by atoms with E-state index in [9.17, 15) is 0 Å². The van der Waals surface area contributed by atoms with Crippen molar-refractivity contribution in [1.82, 2.24) is 0 Å². The molecule has 1 aliphatic heterocycles. The number of benzene rings is 1. The zero-order valence-electron chi connectivity index (χ0n) is 11.8. The average molecular weight is 292 g/mol. The topological polar surface area (TPSA) is 104 Å². The molecule has 1 fully saturated rings. The van der Waals surface area contributed by atoms with E-state index in [1.807, 2.05) is 24.3 Å². The predicted molar refractivity (Wildman–Crippen MR) is 80.3 cm³/mol. The zero-order valence-corrected chi connectivity index (χ0v) is 11.8. The molecule has 0 amide bonds. The fraction of sp³-hybridized carbons (Fsp3) is 0.429. The van der Waals surface area contributed by atoms with Gasteiger partial charge in [-0.2, -0.15) is 5.10 Å². The number of rotatable bonds is 6. The van der Waals surface area contributed by atoms with Gasteiger partial charge in [0, 0.05) is 6.42 Å². The minimum Gasteiger partial charge on any atom is -0.493 e. The Morgan fingerprint density at radius 1 is 1.24 bits per heavy atom. The summed E-state index contributed by atoms with van der Waals surface area (Å²) in [5.41, 5.74) is 11.2.